The van der Waals surface area contributed by atoms with Gasteiger partial charge in [-0.2, -0.15) is 0 Å². The van der Waals surface area contributed by atoms with Crippen molar-refractivity contribution >= 4 is 69.7 Å². The Morgan fingerprint density at radius 3 is 2.41 bits per heavy atom. The number of hydrogen-bond donors (Lipinski definition) is 3. The number of aromatic carboxylic acids is 1. The van der Waals surface area contributed by atoms with Gasteiger partial charge in [0.2, 0.25) is 0 Å². The number of aliphatic hydroxyl groups is 1. The van der Waals surface area contributed by atoms with Gasteiger partial charge in [-0.1, -0.05) is 24.3 Å². The molecule has 3 N–H and O–H groups in total. The van der Waals surface area contributed by atoms with Crippen molar-refractivity contribution in [3.05, 3.63) is 82.7 Å². The first-order valence-electron chi connectivity index (χ1n) is 8.26. The highest BCUT2D eigenvalue weighted by atomic mass is 79.9. The van der Waals surface area contributed by atoms with Crippen LogP contribution in [0, 0.1) is 11.8 Å². The first-order chi connectivity index (χ1) is 13.7. The number of allylic oxidation sites excluding steroid dienone is 1. The molecule has 2 aliphatic rings. The first-order valence-corrected chi connectivity index (χ1v) is 11.4. The van der Waals surface area contributed by atoms with Crippen LogP contribution in [0.2, 0.25) is 0 Å². The number of carboxylic acids is 1. The monoisotopic (exact) mass is 647 g/mol. The van der Waals surface area contributed by atoms with Crippen LogP contribution in [0.1, 0.15) is 21.5 Å². The zero-order valence-corrected chi connectivity index (χ0v) is 20.6. The summed E-state index contributed by atoms with van der Waals surface area (Å²) in [6.45, 7) is 0. The van der Waals surface area contributed by atoms with Gasteiger partial charge in [0.25, 0.3) is 0 Å². The van der Waals surface area contributed by atoms with E-state index in [4.69, 9.17) is 4.74 Å². The lowest BCUT2D eigenvalue weighted by molar-refractivity contribution is 0.0695. The van der Waals surface area contributed by atoms with E-state index in [1.54, 1.807) is 36.4 Å². The predicted molar refractivity (Wildman–Crippen MR) is 122 cm³/mol. The van der Waals surface area contributed by atoms with E-state index < -0.39 is 18.0 Å². The summed E-state index contributed by atoms with van der Waals surface area (Å²) in [5.74, 6) is -0.421. The van der Waals surface area contributed by atoms with Gasteiger partial charge in [-0.05, 0) is 81.4 Å². The maximum absolute atomic E-state index is 11.9. The molecule has 2 aromatic rings. The maximum Gasteiger partial charge on any atom is 0.335 e. The number of hydrogen-bond acceptors (Lipinski definition) is 4. The van der Waals surface area contributed by atoms with Crippen LogP contribution in [-0.4, -0.2) is 27.4 Å². The summed E-state index contributed by atoms with van der Waals surface area (Å²) >= 11 is 13.5. The number of fused-ring (bicyclic) bond motifs is 2. The van der Waals surface area contributed by atoms with E-state index in [9.17, 15) is 20.1 Å². The van der Waals surface area contributed by atoms with Crippen LogP contribution in [0.4, 0.5) is 0 Å². The lowest BCUT2D eigenvalue weighted by Crippen LogP contribution is -2.39. The topological polar surface area (TPSA) is 87.0 Å². The van der Waals surface area contributed by atoms with Crippen molar-refractivity contribution in [2.45, 2.75) is 6.10 Å². The van der Waals surface area contributed by atoms with E-state index in [-0.39, 0.29) is 17.1 Å². The SMILES string of the molecule is O=C(O)c1ccccc1[C]1c2cc(Br)c(O)c(Br)c2OC2C(Br)=C(O)C(Br)=CC12. The molecule has 4 rings (SSSR count). The van der Waals surface area contributed by atoms with E-state index in [0.29, 0.717) is 40.7 Å². The number of aromatic hydroxyl groups is 1. The Morgan fingerprint density at radius 1 is 1.03 bits per heavy atom. The Kier molecular flexibility index (Phi) is 5.61. The minimum absolute atomic E-state index is 0.00183. The highest BCUT2D eigenvalue weighted by molar-refractivity contribution is 9.12. The quantitative estimate of drug-likeness (QED) is 0.349. The summed E-state index contributed by atoms with van der Waals surface area (Å²) in [5, 5.41) is 30.5. The van der Waals surface area contributed by atoms with Crippen molar-refractivity contribution in [3.8, 4) is 11.5 Å². The third-order valence-electron chi connectivity index (χ3n) is 4.82. The highest BCUT2D eigenvalue weighted by Gasteiger charge is 2.45. The Labute approximate surface area is 199 Å². The number of halogens is 4. The molecular weight excluding hydrogens is 640 g/mol. The van der Waals surface area contributed by atoms with E-state index in [1.165, 1.54) is 0 Å². The van der Waals surface area contributed by atoms with Crippen molar-refractivity contribution in [2.75, 3.05) is 0 Å². The Bertz CT molecular complexity index is 1110. The summed E-state index contributed by atoms with van der Waals surface area (Å²) in [5.41, 5.74) is 1.31. The number of aliphatic hydroxyl groups excluding tert-OH is 1. The van der Waals surface area contributed by atoms with Gasteiger partial charge in [0.1, 0.15) is 27.8 Å². The second-order valence-electron chi connectivity index (χ2n) is 6.44. The molecule has 0 saturated heterocycles. The van der Waals surface area contributed by atoms with Gasteiger partial charge in [-0.15, -0.1) is 0 Å². The van der Waals surface area contributed by atoms with Gasteiger partial charge in [0, 0.05) is 17.4 Å². The largest absolute Gasteiger partial charge is 0.506 e. The molecule has 0 fully saturated rings. The van der Waals surface area contributed by atoms with Gasteiger partial charge in [-0.3, -0.25) is 0 Å². The van der Waals surface area contributed by atoms with Crippen molar-refractivity contribution < 1.29 is 24.9 Å². The average molecular weight is 651 g/mol. The lowest BCUT2D eigenvalue weighted by atomic mass is 9.73. The van der Waals surface area contributed by atoms with E-state index in [0.717, 1.165) is 0 Å². The molecule has 149 valence electrons. The second kappa shape index (κ2) is 7.76. The molecule has 9 heteroatoms. The van der Waals surface area contributed by atoms with E-state index in [1.807, 2.05) is 0 Å². The molecule has 1 aliphatic carbocycles. The van der Waals surface area contributed by atoms with Crippen molar-refractivity contribution in [2.24, 2.45) is 5.92 Å². The number of phenols is 1. The zero-order valence-electron chi connectivity index (χ0n) is 14.3. The third kappa shape index (κ3) is 3.36. The minimum atomic E-state index is -1.05. The summed E-state index contributed by atoms with van der Waals surface area (Å²) in [7, 11) is 0. The molecule has 0 spiro atoms. The van der Waals surface area contributed by atoms with Crippen LogP contribution in [-0.2, 0) is 0 Å². The number of benzene rings is 2. The number of carboxylic acid groups (broad SMARTS) is 1. The van der Waals surface area contributed by atoms with Crippen LogP contribution >= 0.6 is 63.7 Å². The normalized spacial score (nSPS) is 21.2. The summed E-state index contributed by atoms with van der Waals surface area (Å²) < 4.78 is 7.82. The fourth-order valence-electron chi connectivity index (χ4n) is 3.53. The third-order valence-corrected chi connectivity index (χ3v) is 7.63. The molecule has 0 amide bonds. The molecule has 1 heterocycles. The molecule has 1 aliphatic heterocycles. The van der Waals surface area contributed by atoms with Gasteiger partial charge < -0.3 is 20.1 Å². The first kappa shape index (κ1) is 21.0. The smallest absolute Gasteiger partial charge is 0.335 e. The molecule has 0 bridgehead atoms. The molecule has 2 aromatic carbocycles. The van der Waals surface area contributed by atoms with Crippen LogP contribution in [0.3, 0.4) is 0 Å². The van der Waals surface area contributed by atoms with Crippen molar-refractivity contribution in [1.29, 1.82) is 0 Å². The summed E-state index contributed by atoms with van der Waals surface area (Å²) in [4.78, 5) is 11.9. The average Bonchev–Trinajstić information content (AvgIpc) is 2.69. The fourth-order valence-corrected chi connectivity index (χ4v) is 6.10. The zero-order chi connectivity index (χ0) is 21.0. The number of carbonyl (C=O) groups is 1. The molecule has 5 nitrogen and oxygen atoms in total. The molecule has 0 saturated carbocycles. The standard InChI is InChI=1S/C20H11Br4O5/c21-11-5-9-13(7-3-1-2-4-8(7)20(27)28)10-6-12(22)17(26)15(24)19(10)29-18(9)14(23)16(11)25/h1-6,9,18,25-26H,(H,27,28). The van der Waals surface area contributed by atoms with Gasteiger partial charge in [0.05, 0.1) is 19.0 Å². The summed E-state index contributed by atoms with van der Waals surface area (Å²) in [6, 6.07) is 8.43. The van der Waals surface area contributed by atoms with Crippen molar-refractivity contribution in [1.82, 2.24) is 0 Å². The molecular formula is C20H11Br4O5. The number of rotatable bonds is 2. The Morgan fingerprint density at radius 2 is 1.72 bits per heavy atom. The van der Waals surface area contributed by atoms with Crippen LogP contribution < -0.4 is 4.74 Å². The minimum Gasteiger partial charge on any atom is -0.506 e. The van der Waals surface area contributed by atoms with Gasteiger partial charge in [0.15, 0.2) is 0 Å². The fraction of sp³-hybridized carbons (Fsp3) is 0.100. The summed E-state index contributed by atoms with van der Waals surface area (Å²) in [6.07, 6.45) is 1.15. The van der Waals surface area contributed by atoms with Crippen LogP contribution in [0.15, 0.2) is 60.1 Å². The predicted octanol–water partition coefficient (Wildman–Crippen LogP) is 6.42. The van der Waals surface area contributed by atoms with Crippen molar-refractivity contribution in [3.63, 3.8) is 0 Å². The molecule has 1 radical (unpaired) electrons. The van der Waals surface area contributed by atoms with Gasteiger partial charge >= 0.3 is 5.97 Å². The van der Waals surface area contributed by atoms with Crippen LogP contribution in [0.25, 0.3) is 0 Å². The molecule has 2 atom stereocenters. The molecule has 29 heavy (non-hydrogen) atoms. The maximum atomic E-state index is 11.9. The molecule has 2 unspecified atom stereocenters. The Balaban J connectivity index is 2.04. The van der Waals surface area contributed by atoms with Crippen LogP contribution in [0.5, 0.6) is 11.5 Å². The molecule has 0 aromatic heterocycles. The lowest BCUT2D eigenvalue weighted by Gasteiger charge is -2.41. The second-order valence-corrected chi connectivity index (χ2v) is 9.79. The highest BCUT2D eigenvalue weighted by Crippen LogP contribution is 2.55. The van der Waals surface area contributed by atoms with E-state index in [2.05, 4.69) is 63.7 Å². The Hall–Kier alpha value is -1.29. The number of phenolic OH excluding ortho intramolecular Hbond substituents is 1. The van der Waals surface area contributed by atoms with E-state index >= 15 is 0 Å². The number of ether oxygens (including phenoxy) is 1. The van der Waals surface area contributed by atoms with Gasteiger partial charge in [-0.25, -0.2) is 4.79 Å².